The number of hydrogen-bond acceptors (Lipinski definition) is 10. The number of piperazine rings is 2. The van der Waals surface area contributed by atoms with Crippen molar-refractivity contribution in [1.82, 2.24) is 40.0 Å². The molecule has 2 aliphatic heterocycles. The fraction of sp³-hybridized carbons (Fsp3) is 0.304. The molecule has 2 fully saturated rings. The number of Topliss-reactive ketones (excluding diaryl/α,β-unsaturated/α-hetero) is 2. The molecular formula is C46H49KN8O7. The molecular weight excluding hydrogens is 816 g/mol. The molecule has 0 saturated carbocycles. The van der Waals surface area contributed by atoms with Gasteiger partial charge in [0.15, 0.2) is 0 Å². The molecule has 8 rings (SSSR count). The van der Waals surface area contributed by atoms with E-state index in [1.807, 2.05) is 74.2 Å². The molecule has 0 aliphatic carbocycles. The monoisotopic (exact) mass is 864 g/mol. The van der Waals surface area contributed by atoms with Crippen LogP contribution in [-0.2, 0) is 9.59 Å². The van der Waals surface area contributed by atoms with Crippen LogP contribution >= 0.6 is 0 Å². The number of aromatic amines is 2. The number of carboxylic acid groups (broad SMARTS) is 1. The van der Waals surface area contributed by atoms with Gasteiger partial charge in [0.1, 0.15) is 5.97 Å². The number of carboxylic acids is 1. The first kappa shape index (κ1) is 47.7. The molecule has 0 unspecified atom stereocenters. The smallest absolute Gasteiger partial charge is 0.541 e. The third kappa shape index (κ3) is 10.6. The van der Waals surface area contributed by atoms with Gasteiger partial charge in [-0.05, 0) is 76.9 Å². The van der Waals surface area contributed by atoms with Crippen LogP contribution in [-0.4, -0.2) is 121 Å². The van der Waals surface area contributed by atoms with Crippen molar-refractivity contribution in [3.8, 4) is 0 Å². The largest absolute Gasteiger partial charge is 1.00 e. The van der Waals surface area contributed by atoms with E-state index in [2.05, 4.69) is 32.2 Å². The average molecular weight is 865 g/mol. The molecule has 0 bridgehead atoms. The molecule has 16 heteroatoms. The number of aliphatic carboxylic acids is 1. The van der Waals surface area contributed by atoms with Crippen molar-refractivity contribution in [2.45, 2.75) is 53.6 Å². The van der Waals surface area contributed by atoms with E-state index in [1.54, 1.807) is 54.4 Å². The van der Waals surface area contributed by atoms with E-state index in [9.17, 15) is 33.9 Å². The van der Waals surface area contributed by atoms with Crippen LogP contribution in [0.15, 0.2) is 85.5 Å². The van der Waals surface area contributed by atoms with Gasteiger partial charge in [-0.25, -0.2) is 0 Å². The summed E-state index contributed by atoms with van der Waals surface area (Å²) in [6.07, 6.45) is 6.29. The first-order valence-electron chi connectivity index (χ1n) is 20.1. The summed E-state index contributed by atoms with van der Waals surface area (Å²) >= 11 is 0. The minimum atomic E-state index is -1.70. The summed E-state index contributed by atoms with van der Waals surface area (Å²) in [5.41, 5.74) is 6.46. The van der Waals surface area contributed by atoms with Crippen molar-refractivity contribution in [2.24, 2.45) is 0 Å². The fourth-order valence-electron chi connectivity index (χ4n) is 7.68. The molecule has 2 aliphatic rings. The summed E-state index contributed by atoms with van der Waals surface area (Å²) in [4.78, 5) is 92.3. The van der Waals surface area contributed by atoms with Crippen molar-refractivity contribution in [2.75, 3.05) is 39.3 Å². The van der Waals surface area contributed by atoms with E-state index in [4.69, 9.17) is 0 Å². The predicted octanol–water partition coefficient (Wildman–Crippen LogP) is 0.972. The number of hydrogen-bond donors (Lipinski definition) is 3. The zero-order valence-electron chi connectivity index (χ0n) is 36.1. The van der Waals surface area contributed by atoms with Crippen molar-refractivity contribution < 1.29 is 85.3 Å². The van der Waals surface area contributed by atoms with Crippen molar-refractivity contribution in [1.29, 1.82) is 0 Å². The fourth-order valence-corrected chi connectivity index (χ4v) is 7.68. The van der Waals surface area contributed by atoms with Gasteiger partial charge in [-0.2, -0.15) is 0 Å². The number of benzene rings is 2. The van der Waals surface area contributed by atoms with Gasteiger partial charge in [0.2, 0.25) is 5.78 Å². The van der Waals surface area contributed by atoms with Crippen LogP contribution < -0.4 is 61.8 Å². The van der Waals surface area contributed by atoms with Gasteiger partial charge in [-0.15, -0.1) is 0 Å². The summed E-state index contributed by atoms with van der Waals surface area (Å²) < 4.78 is 0. The molecule has 6 heterocycles. The summed E-state index contributed by atoms with van der Waals surface area (Å²) in [5, 5.41) is 15.2. The predicted molar refractivity (Wildman–Crippen MR) is 228 cm³/mol. The molecule has 62 heavy (non-hydrogen) atoms. The molecule has 6 aromatic rings. The van der Waals surface area contributed by atoms with Gasteiger partial charge in [0.25, 0.3) is 23.5 Å². The number of rotatable bonds is 6. The van der Waals surface area contributed by atoms with Gasteiger partial charge in [-0.1, -0.05) is 36.4 Å². The first-order valence-corrected chi connectivity index (χ1v) is 20.1. The minimum Gasteiger partial charge on any atom is -0.541 e. The Morgan fingerprint density at radius 3 is 1.56 bits per heavy atom. The number of carbonyl (C=O) groups is 6. The maximum atomic E-state index is 13.1. The molecule has 4 aromatic heterocycles. The number of nitrogens with zero attached hydrogens (tertiary/aromatic N) is 5. The zero-order valence-corrected chi connectivity index (χ0v) is 39.2. The number of fused-ring (bicyclic) bond motifs is 2. The summed E-state index contributed by atoms with van der Waals surface area (Å²) in [7, 11) is 0. The number of nitrogens with one attached hydrogen (secondary N) is 3. The zero-order chi connectivity index (χ0) is 44.0. The number of aryl methyl sites for hydroxylation is 4. The standard InChI is InChI=1S/C23H24N4O3.C12H16N2O.C11H10N2O3.K/c1-14-11-24-16(3)20-19(14)18(12-25-20)21(28)23(30)27-10-9-26(13-15(27)2)22(29)17-7-5-4-6-8-17;1-10-9-14(8-7-13-10)12(15)11-5-3-2-4-6-11;1-5-3-12-6(2)9-8(5)7(4-13-9)10(14)11(15)16;/h4-8,11-12,15,25H,9-10,13H2,1-3H3;2-6,10,13H,7-9H2,1H3;3-4,13H,1-2H3,(H,15,16);/q;;;+1/p-1/t15-;10-;;/m11../s1. The topological polar surface area (TPSA) is 205 Å². The SMILES string of the molecule is C[C@@H]1CN(C(=O)c2ccccc2)CCN1.Cc1ncc(C)c2c(C(=O)C(=O)N3CCN(C(=O)c4ccccc4)C[C@H]3C)c[nH]c12.Cc1ncc(C)c2c(C(=O)C(=O)[O-])c[nH]c12.[K+]. The normalized spacial score (nSPS) is 16.0. The van der Waals surface area contributed by atoms with Crippen molar-refractivity contribution in [3.63, 3.8) is 0 Å². The second-order valence-electron chi connectivity index (χ2n) is 15.3. The Morgan fingerprint density at radius 2 is 1.11 bits per heavy atom. The average Bonchev–Trinajstić information content (AvgIpc) is 3.94. The van der Waals surface area contributed by atoms with E-state index < -0.39 is 23.4 Å². The number of ketones is 2. The molecule has 2 saturated heterocycles. The van der Waals surface area contributed by atoms with Gasteiger partial charge in [0.05, 0.1) is 28.0 Å². The molecule has 15 nitrogen and oxygen atoms in total. The van der Waals surface area contributed by atoms with Gasteiger partial charge in [-0.3, -0.25) is 33.9 Å². The Morgan fingerprint density at radius 1 is 0.645 bits per heavy atom. The minimum absolute atomic E-state index is 0. The van der Waals surface area contributed by atoms with E-state index in [1.165, 1.54) is 6.20 Å². The van der Waals surface area contributed by atoms with E-state index in [-0.39, 0.29) is 74.8 Å². The van der Waals surface area contributed by atoms with Crippen LogP contribution in [0.1, 0.15) is 77.8 Å². The van der Waals surface area contributed by atoms with Crippen LogP contribution in [0.3, 0.4) is 0 Å². The van der Waals surface area contributed by atoms with Gasteiger partial charge < -0.3 is 39.9 Å². The molecule has 316 valence electrons. The molecule has 3 amide bonds. The maximum Gasteiger partial charge on any atom is 1.00 e. The second-order valence-corrected chi connectivity index (χ2v) is 15.3. The quantitative estimate of drug-likeness (QED) is 0.123. The molecule has 0 radical (unpaired) electrons. The number of carbonyl (C=O) groups excluding carboxylic acids is 6. The van der Waals surface area contributed by atoms with Crippen LogP contribution in [0.2, 0.25) is 0 Å². The molecule has 2 aromatic carbocycles. The van der Waals surface area contributed by atoms with Crippen LogP contribution in [0, 0.1) is 27.7 Å². The van der Waals surface area contributed by atoms with E-state index in [0.29, 0.717) is 47.7 Å². The summed E-state index contributed by atoms with van der Waals surface area (Å²) in [6, 6.07) is 18.7. The Hall–Kier alpha value is -5.36. The number of amides is 3. The summed E-state index contributed by atoms with van der Waals surface area (Å²) in [6.45, 7) is 14.9. The molecule has 3 N–H and O–H groups in total. The molecule has 0 spiro atoms. The van der Waals surface area contributed by atoms with Crippen LogP contribution in [0.4, 0.5) is 0 Å². The summed E-state index contributed by atoms with van der Waals surface area (Å²) in [5.74, 6) is -3.71. The van der Waals surface area contributed by atoms with Gasteiger partial charge in [0, 0.05) is 104 Å². The molecule has 2 atom stereocenters. The number of pyridine rings is 2. The third-order valence-electron chi connectivity index (χ3n) is 10.9. The Kier molecular flexibility index (Phi) is 16.3. The van der Waals surface area contributed by atoms with Crippen molar-refractivity contribution >= 4 is 57.1 Å². The Bertz CT molecular complexity index is 2610. The van der Waals surface area contributed by atoms with Crippen molar-refractivity contribution in [3.05, 3.63) is 130 Å². The Labute approximate surface area is 402 Å². The number of aromatic nitrogens is 4. The second kappa shape index (κ2) is 21.1. The third-order valence-corrected chi connectivity index (χ3v) is 10.9. The van der Waals surface area contributed by atoms with Gasteiger partial charge >= 0.3 is 51.4 Å². The first-order chi connectivity index (χ1) is 29.2. The Balaban J connectivity index is 0.000000192. The van der Waals surface area contributed by atoms with E-state index >= 15 is 0 Å². The van der Waals surface area contributed by atoms with Crippen LogP contribution in [0.5, 0.6) is 0 Å². The van der Waals surface area contributed by atoms with Crippen LogP contribution in [0.25, 0.3) is 21.8 Å². The maximum absolute atomic E-state index is 13.1. The van der Waals surface area contributed by atoms with E-state index in [0.717, 1.165) is 58.6 Å². The number of H-pyrrole nitrogens is 2.